The SMILES string of the molecule is OC1=C(c2c(F)ccc3c2oc2ccccc23)C=C(Cl)CC1. The van der Waals surface area contributed by atoms with E-state index in [2.05, 4.69) is 0 Å². The molecule has 1 heterocycles. The number of aliphatic hydroxyl groups is 1. The summed E-state index contributed by atoms with van der Waals surface area (Å²) in [6.45, 7) is 0. The number of para-hydroxylation sites is 1. The topological polar surface area (TPSA) is 33.4 Å². The van der Waals surface area contributed by atoms with Crippen LogP contribution < -0.4 is 0 Å². The molecule has 0 bridgehead atoms. The highest BCUT2D eigenvalue weighted by Crippen LogP contribution is 2.39. The first-order chi connectivity index (χ1) is 10.6. The molecule has 1 aliphatic carbocycles. The number of hydrogen-bond acceptors (Lipinski definition) is 2. The van der Waals surface area contributed by atoms with Crippen molar-refractivity contribution < 1.29 is 13.9 Å². The van der Waals surface area contributed by atoms with E-state index >= 15 is 0 Å². The van der Waals surface area contributed by atoms with Gasteiger partial charge in [-0.05, 0) is 30.7 Å². The summed E-state index contributed by atoms with van der Waals surface area (Å²) in [6, 6.07) is 10.7. The molecule has 1 N–H and O–H groups in total. The number of furan rings is 1. The van der Waals surface area contributed by atoms with Gasteiger partial charge >= 0.3 is 0 Å². The van der Waals surface area contributed by atoms with E-state index in [4.69, 9.17) is 16.0 Å². The lowest BCUT2D eigenvalue weighted by Crippen LogP contribution is -1.99. The van der Waals surface area contributed by atoms with Crippen LogP contribution in [0.2, 0.25) is 0 Å². The van der Waals surface area contributed by atoms with Gasteiger partial charge in [-0.15, -0.1) is 0 Å². The number of rotatable bonds is 1. The summed E-state index contributed by atoms with van der Waals surface area (Å²) in [5.41, 5.74) is 1.79. The molecule has 2 nitrogen and oxygen atoms in total. The van der Waals surface area contributed by atoms with Gasteiger partial charge in [0, 0.05) is 27.8 Å². The van der Waals surface area contributed by atoms with Crippen molar-refractivity contribution in [3.05, 3.63) is 64.6 Å². The number of fused-ring (bicyclic) bond motifs is 3. The summed E-state index contributed by atoms with van der Waals surface area (Å²) in [4.78, 5) is 0. The van der Waals surface area contributed by atoms with Gasteiger partial charge in [0.2, 0.25) is 0 Å². The van der Waals surface area contributed by atoms with E-state index in [1.54, 1.807) is 12.1 Å². The third-order valence-corrected chi connectivity index (χ3v) is 4.28. The maximum atomic E-state index is 14.5. The number of benzene rings is 2. The first-order valence-electron chi connectivity index (χ1n) is 7.03. The Hall–Kier alpha value is -2.26. The second-order valence-corrected chi connectivity index (χ2v) is 5.83. The maximum absolute atomic E-state index is 14.5. The predicted octanol–water partition coefficient (Wildman–Crippen LogP) is 5.91. The highest BCUT2D eigenvalue weighted by molar-refractivity contribution is 6.30. The second kappa shape index (κ2) is 4.89. The average Bonchev–Trinajstić information content (AvgIpc) is 2.88. The van der Waals surface area contributed by atoms with Crippen LogP contribution in [0.5, 0.6) is 0 Å². The van der Waals surface area contributed by atoms with Gasteiger partial charge in [-0.1, -0.05) is 29.8 Å². The van der Waals surface area contributed by atoms with Gasteiger partial charge in [0.25, 0.3) is 0 Å². The smallest absolute Gasteiger partial charge is 0.146 e. The van der Waals surface area contributed by atoms with Crippen LogP contribution in [0.25, 0.3) is 27.5 Å². The van der Waals surface area contributed by atoms with Crippen LogP contribution in [-0.2, 0) is 0 Å². The maximum Gasteiger partial charge on any atom is 0.146 e. The molecule has 0 saturated heterocycles. The van der Waals surface area contributed by atoms with Crippen LogP contribution in [0.15, 0.2) is 57.7 Å². The first kappa shape index (κ1) is 13.4. The Morgan fingerprint density at radius 2 is 1.86 bits per heavy atom. The summed E-state index contributed by atoms with van der Waals surface area (Å²) in [5, 5.41) is 12.5. The molecule has 22 heavy (non-hydrogen) atoms. The summed E-state index contributed by atoms with van der Waals surface area (Å²) in [7, 11) is 0. The van der Waals surface area contributed by atoms with Gasteiger partial charge in [0.1, 0.15) is 22.7 Å². The second-order valence-electron chi connectivity index (χ2n) is 5.35. The van der Waals surface area contributed by atoms with E-state index < -0.39 is 5.82 Å². The van der Waals surface area contributed by atoms with Crippen molar-refractivity contribution in [1.82, 2.24) is 0 Å². The van der Waals surface area contributed by atoms with E-state index in [1.807, 2.05) is 24.3 Å². The Bertz CT molecular complexity index is 966. The summed E-state index contributed by atoms with van der Waals surface area (Å²) >= 11 is 6.07. The minimum atomic E-state index is -0.435. The Balaban J connectivity index is 2.11. The van der Waals surface area contributed by atoms with Crippen LogP contribution in [0.1, 0.15) is 18.4 Å². The highest BCUT2D eigenvalue weighted by atomic mass is 35.5. The fourth-order valence-corrected chi connectivity index (χ4v) is 3.12. The Morgan fingerprint density at radius 1 is 1.05 bits per heavy atom. The van der Waals surface area contributed by atoms with Crippen molar-refractivity contribution in [2.75, 3.05) is 0 Å². The lowest BCUT2D eigenvalue weighted by atomic mass is 9.95. The third-order valence-electron chi connectivity index (χ3n) is 3.98. The molecule has 4 rings (SSSR count). The molecule has 0 aliphatic heterocycles. The molecular weight excluding hydrogens is 303 g/mol. The van der Waals surface area contributed by atoms with E-state index in [-0.39, 0.29) is 11.3 Å². The van der Waals surface area contributed by atoms with E-state index in [0.717, 1.165) is 10.8 Å². The summed E-state index contributed by atoms with van der Waals surface area (Å²) in [6.07, 6.45) is 2.58. The zero-order chi connectivity index (χ0) is 15.3. The number of hydrogen-bond donors (Lipinski definition) is 1. The van der Waals surface area contributed by atoms with Crippen molar-refractivity contribution >= 4 is 39.1 Å². The van der Waals surface area contributed by atoms with Crippen LogP contribution in [0.4, 0.5) is 4.39 Å². The minimum absolute atomic E-state index is 0.135. The molecule has 2 aromatic carbocycles. The lowest BCUT2D eigenvalue weighted by molar-refractivity contribution is 0.390. The molecule has 0 saturated carbocycles. The molecule has 110 valence electrons. The zero-order valence-corrected chi connectivity index (χ0v) is 12.3. The molecule has 4 heteroatoms. The highest BCUT2D eigenvalue weighted by Gasteiger charge is 2.22. The fraction of sp³-hybridized carbons (Fsp3) is 0.111. The van der Waals surface area contributed by atoms with Gasteiger partial charge in [-0.25, -0.2) is 4.39 Å². The molecule has 0 radical (unpaired) electrons. The number of allylic oxidation sites excluding steroid dienone is 4. The van der Waals surface area contributed by atoms with Crippen LogP contribution in [0, 0.1) is 5.82 Å². The van der Waals surface area contributed by atoms with Gasteiger partial charge < -0.3 is 9.52 Å². The van der Waals surface area contributed by atoms with Gasteiger partial charge in [0.05, 0.1) is 5.56 Å². The van der Waals surface area contributed by atoms with E-state index in [1.165, 1.54) is 6.07 Å². The molecule has 0 unspecified atom stereocenters. The monoisotopic (exact) mass is 314 g/mol. The molecule has 0 atom stereocenters. The van der Waals surface area contributed by atoms with Crippen molar-refractivity contribution in [2.24, 2.45) is 0 Å². The normalized spacial score (nSPS) is 15.6. The van der Waals surface area contributed by atoms with Crippen LogP contribution >= 0.6 is 11.6 Å². The molecular formula is C18H12ClFO2. The van der Waals surface area contributed by atoms with E-state index in [9.17, 15) is 9.50 Å². The molecule has 0 fully saturated rings. The van der Waals surface area contributed by atoms with Crippen LogP contribution in [0.3, 0.4) is 0 Å². The lowest BCUT2D eigenvalue weighted by Gasteiger charge is -2.14. The van der Waals surface area contributed by atoms with Gasteiger partial charge in [-0.2, -0.15) is 0 Å². The molecule has 0 amide bonds. The molecule has 3 aromatic rings. The minimum Gasteiger partial charge on any atom is -0.512 e. The quantitative estimate of drug-likeness (QED) is 0.605. The zero-order valence-electron chi connectivity index (χ0n) is 11.6. The molecule has 0 spiro atoms. The van der Waals surface area contributed by atoms with Gasteiger partial charge in [0.15, 0.2) is 0 Å². The summed E-state index contributed by atoms with van der Waals surface area (Å²) < 4.78 is 20.3. The third kappa shape index (κ3) is 1.93. The van der Waals surface area contributed by atoms with Crippen molar-refractivity contribution in [1.29, 1.82) is 0 Å². The Labute approximate surface area is 131 Å². The van der Waals surface area contributed by atoms with Crippen molar-refractivity contribution in [3.8, 4) is 0 Å². The van der Waals surface area contributed by atoms with E-state index in [0.29, 0.717) is 34.6 Å². The van der Waals surface area contributed by atoms with Crippen molar-refractivity contribution in [2.45, 2.75) is 12.8 Å². The molecule has 1 aromatic heterocycles. The Morgan fingerprint density at radius 3 is 2.73 bits per heavy atom. The predicted molar refractivity (Wildman–Crippen MR) is 86.4 cm³/mol. The molecule has 1 aliphatic rings. The van der Waals surface area contributed by atoms with Crippen molar-refractivity contribution in [3.63, 3.8) is 0 Å². The number of aliphatic hydroxyl groups excluding tert-OH is 1. The standard InChI is InChI=1S/C18H12ClFO2/c19-10-5-8-15(21)13(9-10)17-14(20)7-6-12-11-3-1-2-4-16(11)22-18(12)17/h1-4,6-7,9,21H,5,8H2. The average molecular weight is 315 g/mol. The summed E-state index contributed by atoms with van der Waals surface area (Å²) in [5.74, 6) is -0.299. The number of halogens is 2. The largest absolute Gasteiger partial charge is 0.512 e. The first-order valence-corrected chi connectivity index (χ1v) is 7.41. The van der Waals surface area contributed by atoms with Gasteiger partial charge in [-0.3, -0.25) is 0 Å². The Kier molecular flexibility index (Phi) is 2.98. The van der Waals surface area contributed by atoms with Crippen LogP contribution in [-0.4, -0.2) is 5.11 Å². The fourth-order valence-electron chi connectivity index (χ4n) is 2.92.